The number of aromatic nitrogens is 1. The van der Waals surface area contributed by atoms with Gasteiger partial charge in [0.2, 0.25) is 0 Å². The molecule has 0 aliphatic heterocycles. The number of benzene rings is 1. The summed E-state index contributed by atoms with van der Waals surface area (Å²) in [5.74, 6) is 0. The van der Waals surface area contributed by atoms with E-state index < -0.39 is 0 Å². The van der Waals surface area contributed by atoms with Gasteiger partial charge in [-0.05, 0) is 43.2 Å². The number of anilines is 1. The van der Waals surface area contributed by atoms with Crippen LogP contribution in [0.3, 0.4) is 0 Å². The molecule has 1 aliphatic rings. The van der Waals surface area contributed by atoms with Crippen LogP contribution in [0.5, 0.6) is 0 Å². The molecular weight excluding hydrogens is 260 g/mol. The van der Waals surface area contributed by atoms with E-state index in [4.69, 9.17) is 0 Å². The molecule has 0 unspecified atom stereocenters. The average molecular weight is 284 g/mol. The Labute approximate surface area is 126 Å². The molecule has 3 heteroatoms. The van der Waals surface area contributed by atoms with Crippen molar-refractivity contribution in [1.29, 1.82) is 0 Å². The first-order valence-electron chi connectivity index (χ1n) is 7.90. The number of aliphatic hydroxyl groups is 1. The molecule has 0 bridgehead atoms. The zero-order valence-electron chi connectivity index (χ0n) is 12.5. The van der Waals surface area contributed by atoms with Gasteiger partial charge in [0.15, 0.2) is 0 Å². The molecule has 21 heavy (non-hydrogen) atoms. The van der Waals surface area contributed by atoms with Crippen molar-refractivity contribution in [1.82, 2.24) is 4.57 Å². The molecule has 0 amide bonds. The lowest BCUT2D eigenvalue weighted by Gasteiger charge is -2.36. The van der Waals surface area contributed by atoms with Gasteiger partial charge in [0.25, 0.3) is 0 Å². The van der Waals surface area contributed by atoms with Crippen LogP contribution in [0.25, 0.3) is 5.69 Å². The summed E-state index contributed by atoms with van der Waals surface area (Å²) >= 11 is 0. The number of nitrogens with one attached hydrogen (secondary N) is 1. The van der Waals surface area contributed by atoms with Crippen molar-refractivity contribution in [2.75, 3.05) is 18.5 Å². The molecule has 2 aromatic rings. The summed E-state index contributed by atoms with van der Waals surface area (Å²) in [4.78, 5) is 0. The first-order chi connectivity index (χ1) is 10.3. The third kappa shape index (κ3) is 3.30. The summed E-state index contributed by atoms with van der Waals surface area (Å²) in [5.41, 5.74) is 2.35. The van der Waals surface area contributed by atoms with Crippen molar-refractivity contribution < 1.29 is 5.11 Å². The second-order valence-corrected chi connectivity index (χ2v) is 6.21. The minimum absolute atomic E-state index is 0.0711. The third-order valence-corrected chi connectivity index (χ3v) is 4.67. The van der Waals surface area contributed by atoms with Crippen LogP contribution in [0.15, 0.2) is 48.8 Å². The first kappa shape index (κ1) is 14.2. The van der Waals surface area contributed by atoms with E-state index >= 15 is 0 Å². The molecule has 0 radical (unpaired) electrons. The van der Waals surface area contributed by atoms with Gasteiger partial charge in [-0.3, -0.25) is 0 Å². The smallest absolute Gasteiger partial charge is 0.0504 e. The van der Waals surface area contributed by atoms with Gasteiger partial charge in [0, 0.05) is 35.7 Å². The maximum absolute atomic E-state index is 9.78. The summed E-state index contributed by atoms with van der Waals surface area (Å²) in [5, 5.41) is 13.3. The van der Waals surface area contributed by atoms with Crippen LogP contribution in [-0.4, -0.2) is 22.8 Å². The number of nitrogens with zero attached hydrogens (tertiary/aromatic N) is 1. The average Bonchev–Trinajstić information content (AvgIpc) is 3.09. The van der Waals surface area contributed by atoms with E-state index in [1.165, 1.54) is 19.3 Å². The summed E-state index contributed by atoms with van der Waals surface area (Å²) < 4.78 is 2.10. The molecule has 1 aliphatic carbocycles. The summed E-state index contributed by atoms with van der Waals surface area (Å²) in [7, 11) is 0. The second kappa shape index (κ2) is 6.35. The van der Waals surface area contributed by atoms with E-state index in [0.29, 0.717) is 0 Å². The van der Waals surface area contributed by atoms with Crippen LogP contribution in [0.1, 0.15) is 32.1 Å². The summed E-state index contributed by atoms with van der Waals surface area (Å²) in [6.45, 7) is 1.15. The fourth-order valence-electron chi connectivity index (χ4n) is 3.27. The number of hydrogen-bond donors (Lipinski definition) is 2. The van der Waals surface area contributed by atoms with E-state index in [1.807, 2.05) is 12.1 Å². The van der Waals surface area contributed by atoms with Crippen molar-refractivity contribution in [3.63, 3.8) is 0 Å². The highest BCUT2D eigenvalue weighted by Crippen LogP contribution is 2.36. The zero-order valence-corrected chi connectivity index (χ0v) is 12.5. The topological polar surface area (TPSA) is 37.2 Å². The van der Waals surface area contributed by atoms with Gasteiger partial charge in [-0.15, -0.1) is 0 Å². The van der Waals surface area contributed by atoms with E-state index in [0.717, 1.165) is 30.8 Å². The fraction of sp³-hybridized carbons (Fsp3) is 0.444. The Morgan fingerprint density at radius 1 is 1.05 bits per heavy atom. The standard InChI is InChI=1S/C18H24N2O/c21-15-18(9-2-1-3-10-18)14-19-16-7-6-8-17(13-16)20-11-4-5-12-20/h4-8,11-13,19,21H,1-3,9-10,14-15H2. The van der Waals surface area contributed by atoms with Crippen molar-refractivity contribution in [2.45, 2.75) is 32.1 Å². The molecule has 2 N–H and O–H groups in total. The molecule has 1 fully saturated rings. The van der Waals surface area contributed by atoms with Crippen LogP contribution < -0.4 is 5.32 Å². The van der Waals surface area contributed by atoms with E-state index in [2.05, 4.69) is 46.5 Å². The highest BCUT2D eigenvalue weighted by Gasteiger charge is 2.31. The molecule has 0 atom stereocenters. The Morgan fingerprint density at radius 3 is 2.52 bits per heavy atom. The highest BCUT2D eigenvalue weighted by molar-refractivity contribution is 5.51. The lowest BCUT2D eigenvalue weighted by Crippen LogP contribution is -2.35. The van der Waals surface area contributed by atoms with Crippen LogP contribution in [0.2, 0.25) is 0 Å². The van der Waals surface area contributed by atoms with Gasteiger partial charge in [0.1, 0.15) is 0 Å². The van der Waals surface area contributed by atoms with Gasteiger partial charge in [-0.2, -0.15) is 0 Å². The molecule has 0 spiro atoms. The number of aliphatic hydroxyl groups excluding tert-OH is 1. The first-order valence-corrected chi connectivity index (χ1v) is 7.90. The van der Waals surface area contributed by atoms with Gasteiger partial charge < -0.3 is 15.0 Å². The monoisotopic (exact) mass is 284 g/mol. The molecule has 1 aromatic heterocycles. The molecule has 1 saturated carbocycles. The summed E-state index contributed by atoms with van der Waals surface area (Å²) in [6.07, 6.45) is 10.2. The Balaban J connectivity index is 1.69. The Kier molecular flexibility index (Phi) is 4.30. The third-order valence-electron chi connectivity index (χ3n) is 4.67. The van der Waals surface area contributed by atoms with E-state index in [9.17, 15) is 5.11 Å². The minimum Gasteiger partial charge on any atom is -0.396 e. The molecule has 1 heterocycles. The molecule has 0 saturated heterocycles. The fourth-order valence-corrected chi connectivity index (χ4v) is 3.27. The predicted molar refractivity (Wildman–Crippen MR) is 86.9 cm³/mol. The molecule has 3 rings (SSSR count). The van der Waals surface area contributed by atoms with Crippen LogP contribution >= 0.6 is 0 Å². The molecule has 1 aromatic carbocycles. The van der Waals surface area contributed by atoms with Crippen LogP contribution in [0, 0.1) is 5.41 Å². The van der Waals surface area contributed by atoms with Gasteiger partial charge in [-0.25, -0.2) is 0 Å². The largest absolute Gasteiger partial charge is 0.396 e. The van der Waals surface area contributed by atoms with Crippen molar-refractivity contribution in [3.8, 4) is 5.69 Å². The van der Waals surface area contributed by atoms with Crippen molar-refractivity contribution >= 4 is 5.69 Å². The zero-order chi connectivity index (χ0) is 14.5. The number of hydrogen-bond acceptors (Lipinski definition) is 2. The SMILES string of the molecule is OCC1(CNc2cccc(-n3cccc3)c2)CCCCC1. The minimum atomic E-state index is 0.0711. The predicted octanol–water partition coefficient (Wildman–Crippen LogP) is 3.83. The quantitative estimate of drug-likeness (QED) is 0.875. The van der Waals surface area contributed by atoms with Gasteiger partial charge in [0.05, 0.1) is 6.61 Å². The molecular formula is C18H24N2O. The van der Waals surface area contributed by atoms with Crippen LogP contribution in [0.4, 0.5) is 5.69 Å². The molecule has 112 valence electrons. The van der Waals surface area contributed by atoms with Crippen molar-refractivity contribution in [2.24, 2.45) is 5.41 Å². The highest BCUT2D eigenvalue weighted by atomic mass is 16.3. The van der Waals surface area contributed by atoms with E-state index in [1.54, 1.807) is 0 Å². The Morgan fingerprint density at radius 2 is 1.81 bits per heavy atom. The lowest BCUT2D eigenvalue weighted by molar-refractivity contribution is 0.0944. The van der Waals surface area contributed by atoms with Gasteiger partial charge in [-0.1, -0.05) is 25.3 Å². The maximum atomic E-state index is 9.78. The summed E-state index contributed by atoms with van der Waals surface area (Å²) in [6, 6.07) is 12.5. The van der Waals surface area contributed by atoms with Crippen molar-refractivity contribution in [3.05, 3.63) is 48.8 Å². The Bertz CT molecular complexity index is 556. The van der Waals surface area contributed by atoms with E-state index in [-0.39, 0.29) is 12.0 Å². The maximum Gasteiger partial charge on any atom is 0.0504 e. The second-order valence-electron chi connectivity index (χ2n) is 6.21. The van der Waals surface area contributed by atoms with Crippen LogP contribution in [-0.2, 0) is 0 Å². The normalized spacial score (nSPS) is 17.6. The lowest BCUT2D eigenvalue weighted by atomic mass is 9.74. The van der Waals surface area contributed by atoms with Gasteiger partial charge >= 0.3 is 0 Å². The number of rotatable bonds is 5. The molecule has 3 nitrogen and oxygen atoms in total. The Hall–Kier alpha value is -1.74.